The second-order valence-electron chi connectivity index (χ2n) is 9.33. The number of amides is 1. The van der Waals surface area contributed by atoms with Crippen LogP contribution in [0.5, 0.6) is 17.2 Å². The van der Waals surface area contributed by atoms with Crippen LogP contribution in [0.15, 0.2) is 36.4 Å². The Balaban J connectivity index is 1.53. The number of nitrogens with zero attached hydrogens (tertiary/aromatic N) is 2. The van der Waals surface area contributed by atoms with Crippen LogP contribution in [0, 0.1) is 5.92 Å². The van der Waals surface area contributed by atoms with Gasteiger partial charge < -0.3 is 19.1 Å². The SMILES string of the molecule is CCCCN(C)C(=O)COc1ccc(-c2ccc3c(c2)OCO3)cc1CN1CCC[C@@H](C)C1. The molecular formula is C27H36N2O4. The Bertz CT molecular complexity index is 961. The maximum absolute atomic E-state index is 12.5. The number of carbonyl (C=O) groups is 1. The lowest BCUT2D eigenvalue weighted by Crippen LogP contribution is -2.34. The zero-order valence-electron chi connectivity index (χ0n) is 20.1. The molecule has 0 saturated carbocycles. The molecule has 1 fully saturated rings. The van der Waals surface area contributed by atoms with Crippen LogP contribution in [0.3, 0.4) is 0 Å². The van der Waals surface area contributed by atoms with E-state index in [1.807, 2.05) is 25.2 Å². The number of carbonyl (C=O) groups excluding carboxylic acids is 1. The molecular weight excluding hydrogens is 416 g/mol. The van der Waals surface area contributed by atoms with Crippen LogP contribution in [-0.2, 0) is 11.3 Å². The van der Waals surface area contributed by atoms with Crippen LogP contribution < -0.4 is 14.2 Å². The minimum Gasteiger partial charge on any atom is -0.483 e. The maximum atomic E-state index is 12.5. The van der Waals surface area contributed by atoms with E-state index in [1.54, 1.807) is 4.90 Å². The monoisotopic (exact) mass is 452 g/mol. The third-order valence-electron chi connectivity index (χ3n) is 6.53. The molecule has 0 bridgehead atoms. The van der Waals surface area contributed by atoms with Crippen molar-refractivity contribution in [3.8, 4) is 28.4 Å². The summed E-state index contributed by atoms with van der Waals surface area (Å²) in [5, 5.41) is 0. The van der Waals surface area contributed by atoms with Gasteiger partial charge in [0.15, 0.2) is 18.1 Å². The van der Waals surface area contributed by atoms with Gasteiger partial charge in [-0.15, -0.1) is 0 Å². The fraction of sp³-hybridized carbons (Fsp3) is 0.519. The topological polar surface area (TPSA) is 51.2 Å². The third kappa shape index (κ3) is 5.99. The van der Waals surface area contributed by atoms with E-state index in [2.05, 4.69) is 36.9 Å². The molecule has 0 aliphatic carbocycles. The summed E-state index contributed by atoms with van der Waals surface area (Å²) >= 11 is 0. The standard InChI is InChI=1S/C27H36N2O4/c1-4-5-12-28(3)27(30)18-31-24-10-8-21(22-9-11-25-26(15-22)33-19-32-25)14-23(24)17-29-13-6-7-20(2)16-29/h8-11,14-15,20H,4-7,12-13,16-19H2,1-3H3/t20-/m1/s1. The fourth-order valence-corrected chi connectivity index (χ4v) is 4.54. The zero-order chi connectivity index (χ0) is 23.2. The van der Waals surface area contributed by atoms with Crippen molar-refractivity contribution in [1.29, 1.82) is 0 Å². The lowest BCUT2D eigenvalue weighted by molar-refractivity contribution is -0.132. The predicted molar refractivity (Wildman–Crippen MR) is 130 cm³/mol. The average molecular weight is 453 g/mol. The van der Waals surface area contributed by atoms with Crippen molar-refractivity contribution in [1.82, 2.24) is 9.80 Å². The number of benzene rings is 2. The zero-order valence-corrected chi connectivity index (χ0v) is 20.1. The minimum atomic E-state index is 0.0147. The van der Waals surface area contributed by atoms with Gasteiger partial charge in [-0.1, -0.05) is 32.4 Å². The van der Waals surface area contributed by atoms with Crippen LogP contribution in [-0.4, -0.2) is 55.8 Å². The summed E-state index contributed by atoms with van der Waals surface area (Å²) in [5.74, 6) is 3.07. The van der Waals surface area contributed by atoms with E-state index >= 15 is 0 Å². The molecule has 2 aromatic carbocycles. The van der Waals surface area contributed by atoms with Crippen molar-refractivity contribution in [2.24, 2.45) is 5.92 Å². The largest absolute Gasteiger partial charge is 0.483 e. The van der Waals surface area contributed by atoms with Crippen molar-refractivity contribution in [2.75, 3.05) is 40.1 Å². The van der Waals surface area contributed by atoms with E-state index < -0.39 is 0 Å². The fourth-order valence-electron chi connectivity index (χ4n) is 4.54. The molecule has 1 amide bonds. The molecule has 0 radical (unpaired) electrons. The van der Waals surface area contributed by atoms with E-state index in [0.717, 1.165) is 73.0 Å². The van der Waals surface area contributed by atoms with Crippen molar-refractivity contribution in [3.63, 3.8) is 0 Å². The lowest BCUT2D eigenvalue weighted by atomic mass is 9.98. The van der Waals surface area contributed by atoms with Crippen LogP contribution in [0.25, 0.3) is 11.1 Å². The first-order valence-corrected chi connectivity index (χ1v) is 12.2. The molecule has 0 N–H and O–H groups in total. The summed E-state index contributed by atoms with van der Waals surface area (Å²) in [4.78, 5) is 16.8. The van der Waals surface area contributed by atoms with Gasteiger partial charge in [0.1, 0.15) is 5.75 Å². The molecule has 6 heteroatoms. The number of likely N-dealkylation sites (tertiary alicyclic amines) is 1. The third-order valence-corrected chi connectivity index (χ3v) is 6.53. The summed E-state index contributed by atoms with van der Waals surface area (Å²) in [5.41, 5.74) is 3.30. The second kappa shape index (κ2) is 10.9. The van der Waals surface area contributed by atoms with E-state index in [-0.39, 0.29) is 19.3 Å². The number of piperidine rings is 1. The van der Waals surface area contributed by atoms with Crippen LogP contribution in [0.4, 0.5) is 0 Å². The van der Waals surface area contributed by atoms with Gasteiger partial charge in [-0.25, -0.2) is 0 Å². The highest BCUT2D eigenvalue weighted by Gasteiger charge is 2.20. The van der Waals surface area contributed by atoms with Crippen LogP contribution >= 0.6 is 0 Å². The molecule has 1 atom stereocenters. The molecule has 0 spiro atoms. The van der Waals surface area contributed by atoms with Crippen LogP contribution in [0.2, 0.25) is 0 Å². The summed E-state index contributed by atoms with van der Waals surface area (Å²) < 4.78 is 17.1. The Kier molecular flexibility index (Phi) is 7.76. The lowest BCUT2D eigenvalue weighted by Gasteiger charge is -2.31. The van der Waals surface area contributed by atoms with Crippen molar-refractivity contribution < 1.29 is 19.0 Å². The van der Waals surface area contributed by atoms with Crippen molar-refractivity contribution >= 4 is 5.91 Å². The number of unbranched alkanes of at least 4 members (excludes halogenated alkanes) is 1. The normalized spacial score (nSPS) is 17.7. The first-order valence-electron chi connectivity index (χ1n) is 12.2. The number of ether oxygens (including phenoxy) is 3. The van der Waals surface area contributed by atoms with Gasteiger partial charge in [0.05, 0.1) is 0 Å². The van der Waals surface area contributed by atoms with Gasteiger partial charge in [0, 0.05) is 32.2 Å². The Labute approximate surface area is 197 Å². The molecule has 1 saturated heterocycles. The van der Waals surface area contributed by atoms with Crippen LogP contribution in [0.1, 0.15) is 45.1 Å². The molecule has 2 heterocycles. The quantitative estimate of drug-likeness (QED) is 0.539. The van der Waals surface area contributed by atoms with Gasteiger partial charge in [-0.2, -0.15) is 0 Å². The van der Waals surface area contributed by atoms with E-state index in [0.29, 0.717) is 5.92 Å². The van der Waals surface area contributed by atoms with Gasteiger partial charge >= 0.3 is 0 Å². The van der Waals surface area contributed by atoms with Crippen molar-refractivity contribution in [2.45, 2.75) is 46.1 Å². The van der Waals surface area contributed by atoms with Crippen molar-refractivity contribution in [3.05, 3.63) is 42.0 Å². The highest BCUT2D eigenvalue weighted by molar-refractivity contribution is 5.77. The summed E-state index contributed by atoms with van der Waals surface area (Å²) in [6.45, 7) is 8.54. The summed E-state index contributed by atoms with van der Waals surface area (Å²) in [6.07, 6.45) is 4.58. The van der Waals surface area contributed by atoms with Gasteiger partial charge in [0.25, 0.3) is 5.91 Å². The Hall–Kier alpha value is -2.73. The summed E-state index contributed by atoms with van der Waals surface area (Å²) in [6, 6.07) is 12.3. The second-order valence-corrected chi connectivity index (χ2v) is 9.33. The molecule has 0 aromatic heterocycles. The van der Waals surface area contributed by atoms with Gasteiger partial charge in [-0.05, 0) is 67.1 Å². The van der Waals surface area contributed by atoms with E-state index in [4.69, 9.17) is 14.2 Å². The summed E-state index contributed by atoms with van der Waals surface area (Å²) in [7, 11) is 1.85. The minimum absolute atomic E-state index is 0.0147. The molecule has 6 nitrogen and oxygen atoms in total. The van der Waals surface area contributed by atoms with E-state index in [1.165, 1.54) is 12.8 Å². The molecule has 2 aliphatic heterocycles. The maximum Gasteiger partial charge on any atom is 0.260 e. The van der Waals surface area contributed by atoms with E-state index in [9.17, 15) is 4.79 Å². The Morgan fingerprint density at radius 3 is 2.76 bits per heavy atom. The number of likely N-dealkylation sites (N-methyl/N-ethyl adjacent to an activating group) is 1. The molecule has 178 valence electrons. The number of hydrogen-bond acceptors (Lipinski definition) is 5. The molecule has 33 heavy (non-hydrogen) atoms. The average Bonchev–Trinajstić information content (AvgIpc) is 3.29. The molecule has 0 unspecified atom stereocenters. The number of fused-ring (bicyclic) bond motifs is 1. The molecule has 2 aliphatic rings. The first-order chi connectivity index (χ1) is 16.0. The highest BCUT2D eigenvalue weighted by Crippen LogP contribution is 2.37. The first kappa shape index (κ1) is 23.4. The number of rotatable bonds is 9. The predicted octanol–water partition coefficient (Wildman–Crippen LogP) is 4.95. The highest BCUT2D eigenvalue weighted by atomic mass is 16.7. The molecule has 2 aromatic rings. The smallest absolute Gasteiger partial charge is 0.260 e. The Morgan fingerprint density at radius 1 is 1.15 bits per heavy atom. The van der Waals surface area contributed by atoms with Gasteiger partial charge in [-0.3, -0.25) is 9.69 Å². The Morgan fingerprint density at radius 2 is 1.94 bits per heavy atom. The number of hydrogen-bond donors (Lipinski definition) is 0. The van der Waals surface area contributed by atoms with Gasteiger partial charge in [0.2, 0.25) is 6.79 Å². The molecule has 4 rings (SSSR count).